The molecule has 0 aliphatic carbocycles. The second kappa shape index (κ2) is 9.41. The molecule has 0 bridgehead atoms. The zero-order valence-electron chi connectivity index (χ0n) is 12.3. The molecule has 0 aliphatic heterocycles. The number of halogens is 1. The van der Waals surface area contributed by atoms with Gasteiger partial charge in [-0.15, -0.1) is 24.0 Å². The fraction of sp³-hybridized carbons (Fsp3) is 0.833. The molecule has 1 amide bonds. The van der Waals surface area contributed by atoms with Gasteiger partial charge in [0.1, 0.15) is 0 Å². The normalized spacial score (nSPS) is 11.8. The monoisotopic (exact) mass is 370 g/mol. The lowest BCUT2D eigenvalue weighted by atomic mass is 10.1. The van der Waals surface area contributed by atoms with Crippen molar-refractivity contribution >= 4 is 35.8 Å². The number of carbonyl (C=O) groups is 1. The molecule has 0 saturated carbocycles. The third-order valence-electron chi connectivity index (χ3n) is 1.96. The van der Waals surface area contributed by atoms with Gasteiger partial charge in [0.25, 0.3) is 0 Å². The Balaban J connectivity index is 0. The van der Waals surface area contributed by atoms with E-state index >= 15 is 0 Å². The summed E-state index contributed by atoms with van der Waals surface area (Å²) in [5.74, 6) is 0.851. The number of hydrogen-bond donors (Lipinski definition) is 3. The highest BCUT2D eigenvalue weighted by atomic mass is 127. The summed E-state index contributed by atoms with van der Waals surface area (Å²) in [6, 6.07) is 0. The van der Waals surface area contributed by atoms with Crippen molar-refractivity contribution < 1.29 is 4.79 Å². The molecule has 0 spiro atoms. The van der Waals surface area contributed by atoms with Crippen molar-refractivity contribution in [3.63, 3.8) is 0 Å². The van der Waals surface area contributed by atoms with Crippen LogP contribution in [0.5, 0.6) is 0 Å². The lowest BCUT2D eigenvalue weighted by molar-refractivity contribution is -0.123. The van der Waals surface area contributed by atoms with Crippen LogP contribution in [0.1, 0.15) is 34.6 Å². The van der Waals surface area contributed by atoms with Gasteiger partial charge in [-0.05, 0) is 20.8 Å². The molecule has 3 N–H and O–H groups in total. The predicted octanol–water partition coefficient (Wildman–Crippen LogP) is 1.34. The summed E-state index contributed by atoms with van der Waals surface area (Å²) in [5, 5.41) is 9.23. The van der Waals surface area contributed by atoms with Crippen molar-refractivity contribution in [1.82, 2.24) is 16.0 Å². The summed E-state index contributed by atoms with van der Waals surface area (Å²) in [6.45, 7) is 11.2. The molecule has 0 aromatic heterocycles. The first-order chi connectivity index (χ1) is 7.76. The fourth-order valence-corrected chi connectivity index (χ4v) is 1.11. The minimum absolute atomic E-state index is 0. The van der Waals surface area contributed by atoms with Gasteiger partial charge in [0.2, 0.25) is 5.91 Å². The van der Waals surface area contributed by atoms with E-state index in [4.69, 9.17) is 0 Å². The highest BCUT2D eigenvalue weighted by Gasteiger charge is 2.11. The van der Waals surface area contributed by atoms with Crippen LogP contribution < -0.4 is 16.0 Å². The molecule has 0 heterocycles. The second-order valence-electron chi connectivity index (χ2n) is 5.32. The van der Waals surface area contributed by atoms with Crippen LogP contribution in [0.2, 0.25) is 0 Å². The van der Waals surface area contributed by atoms with E-state index in [-0.39, 0.29) is 41.3 Å². The molecule has 0 atom stereocenters. The maximum atomic E-state index is 11.3. The van der Waals surface area contributed by atoms with E-state index in [2.05, 4.69) is 41.7 Å². The van der Waals surface area contributed by atoms with Gasteiger partial charge in [-0.3, -0.25) is 9.79 Å². The molecule has 6 heteroatoms. The highest BCUT2D eigenvalue weighted by molar-refractivity contribution is 14.0. The standard InChI is InChI=1S/C12H26N4O.HI/c1-9(2)10(17)14-7-8-15-11(13-6)16-12(3,4)5;/h9H,7-8H2,1-6H3,(H,14,17)(H2,13,15,16);1H. The topological polar surface area (TPSA) is 65.5 Å². The molecule has 5 nitrogen and oxygen atoms in total. The first-order valence-electron chi connectivity index (χ1n) is 6.03. The van der Waals surface area contributed by atoms with Crippen LogP contribution >= 0.6 is 24.0 Å². The van der Waals surface area contributed by atoms with Crippen molar-refractivity contribution in [2.75, 3.05) is 20.1 Å². The zero-order chi connectivity index (χ0) is 13.5. The minimum atomic E-state index is -0.0248. The molecule has 0 aliphatic rings. The van der Waals surface area contributed by atoms with E-state index in [0.29, 0.717) is 13.1 Å². The van der Waals surface area contributed by atoms with Crippen LogP contribution in [0.3, 0.4) is 0 Å². The maximum absolute atomic E-state index is 11.3. The Hall–Kier alpha value is -0.530. The lowest BCUT2D eigenvalue weighted by Gasteiger charge is -2.23. The van der Waals surface area contributed by atoms with Gasteiger partial charge in [0.05, 0.1) is 0 Å². The fourth-order valence-electron chi connectivity index (χ4n) is 1.11. The molecular formula is C12H27IN4O. The van der Waals surface area contributed by atoms with E-state index in [0.717, 1.165) is 5.96 Å². The number of rotatable bonds is 4. The number of nitrogens with one attached hydrogen (secondary N) is 3. The van der Waals surface area contributed by atoms with Gasteiger partial charge in [-0.2, -0.15) is 0 Å². The first-order valence-corrected chi connectivity index (χ1v) is 6.03. The van der Waals surface area contributed by atoms with Gasteiger partial charge in [-0.25, -0.2) is 0 Å². The van der Waals surface area contributed by atoms with Crippen LogP contribution in [0, 0.1) is 5.92 Å². The summed E-state index contributed by atoms with van der Waals surface area (Å²) in [4.78, 5) is 15.4. The Kier molecular flexibility index (Phi) is 10.3. The van der Waals surface area contributed by atoms with Crippen LogP contribution in [-0.4, -0.2) is 37.5 Å². The summed E-state index contributed by atoms with van der Waals surface area (Å²) >= 11 is 0. The van der Waals surface area contributed by atoms with E-state index in [1.165, 1.54) is 0 Å². The Bertz CT molecular complexity index is 272. The van der Waals surface area contributed by atoms with Crippen molar-refractivity contribution in [2.45, 2.75) is 40.2 Å². The largest absolute Gasteiger partial charge is 0.355 e. The Morgan fingerprint density at radius 1 is 1.17 bits per heavy atom. The quantitative estimate of drug-likeness (QED) is 0.303. The smallest absolute Gasteiger partial charge is 0.222 e. The zero-order valence-corrected chi connectivity index (χ0v) is 14.6. The average Bonchev–Trinajstić information content (AvgIpc) is 2.20. The number of carbonyl (C=O) groups excluding carboxylic acids is 1. The van der Waals surface area contributed by atoms with Crippen molar-refractivity contribution in [2.24, 2.45) is 10.9 Å². The predicted molar refractivity (Wildman–Crippen MR) is 87.5 cm³/mol. The van der Waals surface area contributed by atoms with Gasteiger partial charge in [0, 0.05) is 31.6 Å². The molecule has 0 saturated heterocycles. The second-order valence-corrected chi connectivity index (χ2v) is 5.32. The molecule has 0 aromatic carbocycles. The molecule has 108 valence electrons. The summed E-state index contributed by atoms with van der Waals surface area (Å²) < 4.78 is 0. The van der Waals surface area contributed by atoms with Gasteiger partial charge >= 0.3 is 0 Å². The third-order valence-corrected chi connectivity index (χ3v) is 1.96. The van der Waals surface area contributed by atoms with Crippen molar-refractivity contribution in [1.29, 1.82) is 0 Å². The highest BCUT2D eigenvalue weighted by Crippen LogP contribution is 1.97. The minimum Gasteiger partial charge on any atom is -0.355 e. The molecule has 0 rings (SSSR count). The molecule has 0 radical (unpaired) electrons. The molecule has 0 aromatic rings. The first kappa shape index (κ1) is 19.8. The number of nitrogens with zero attached hydrogens (tertiary/aromatic N) is 1. The summed E-state index contributed by atoms with van der Waals surface area (Å²) in [5.41, 5.74) is -0.0248. The van der Waals surface area contributed by atoms with E-state index in [1.54, 1.807) is 7.05 Å². The summed E-state index contributed by atoms with van der Waals surface area (Å²) in [7, 11) is 1.73. The lowest BCUT2D eigenvalue weighted by Crippen LogP contribution is -2.49. The van der Waals surface area contributed by atoms with E-state index in [9.17, 15) is 4.79 Å². The van der Waals surface area contributed by atoms with Crippen LogP contribution in [0.4, 0.5) is 0 Å². The summed E-state index contributed by atoms with van der Waals surface area (Å²) in [6.07, 6.45) is 0. The van der Waals surface area contributed by atoms with Gasteiger partial charge < -0.3 is 16.0 Å². The van der Waals surface area contributed by atoms with Crippen LogP contribution in [0.25, 0.3) is 0 Å². The number of hydrogen-bond acceptors (Lipinski definition) is 2. The number of guanidine groups is 1. The van der Waals surface area contributed by atoms with Crippen LogP contribution in [-0.2, 0) is 4.79 Å². The maximum Gasteiger partial charge on any atom is 0.222 e. The Morgan fingerprint density at radius 2 is 1.67 bits per heavy atom. The van der Waals surface area contributed by atoms with Crippen LogP contribution in [0.15, 0.2) is 4.99 Å². The third kappa shape index (κ3) is 10.6. The molecular weight excluding hydrogens is 343 g/mol. The van der Waals surface area contributed by atoms with Gasteiger partial charge in [0.15, 0.2) is 5.96 Å². The Morgan fingerprint density at radius 3 is 2.06 bits per heavy atom. The molecule has 0 unspecified atom stereocenters. The SMILES string of the molecule is CN=C(NCCNC(=O)C(C)C)NC(C)(C)C.I. The van der Waals surface area contributed by atoms with E-state index < -0.39 is 0 Å². The van der Waals surface area contributed by atoms with Gasteiger partial charge in [-0.1, -0.05) is 13.8 Å². The average molecular weight is 370 g/mol. The Labute approximate surface area is 128 Å². The molecule has 18 heavy (non-hydrogen) atoms. The van der Waals surface area contributed by atoms with Crippen molar-refractivity contribution in [3.8, 4) is 0 Å². The number of amides is 1. The number of aliphatic imine (C=N–C) groups is 1. The molecule has 0 fully saturated rings. The van der Waals surface area contributed by atoms with E-state index in [1.807, 2.05) is 13.8 Å². The van der Waals surface area contributed by atoms with Crippen molar-refractivity contribution in [3.05, 3.63) is 0 Å².